The van der Waals surface area contributed by atoms with Gasteiger partial charge in [0.15, 0.2) is 0 Å². The van der Waals surface area contributed by atoms with Crippen LogP contribution in [0.25, 0.3) is 6.08 Å². The molecule has 2 heteroatoms. The van der Waals surface area contributed by atoms with Crippen LogP contribution >= 0.6 is 0 Å². The molecule has 0 aliphatic rings. The summed E-state index contributed by atoms with van der Waals surface area (Å²) in [6.45, 7) is 0. The first-order valence-corrected chi connectivity index (χ1v) is 2.94. The van der Waals surface area contributed by atoms with E-state index in [1.165, 1.54) is 6.08 Å². The first kappa shape index (κ1) is 6.59. The second kappa shape index (κ2) is 3.49. The highest BCUT2D eigenvalue weighted by Gasteiger charge is 1.79. The van der Waals surface area contributed by atoms with Gasteiger partial charge < -0.3 is 4.98 Å². The molecule has 0 fully saturated rings. The van der Waals surface area contributed by atoms with Crippen LogP contribution in [0, 0.1) is 0 Å². The summed E-state index contributed by atoms with van der Waals surface area (Å²) in [6.07, 6.45) is 6.58. The molecule has 1 rings (SSSR count). The van der Waals surface area contributed by atoms with Crippen LogP contribution in [0.5, 0.6) is 0 Å². The van der Waals surface area contributed by atoms with Gasteiger partial charge in [-0.15, -0.1) is 0 Å². The molecular weight excluding hydrogens is 126 g/mol. The number of carbonyl (C=O) groups excluding carboxylic acids is 1. The van der Waals surface area contributed by atoms with Gasteiger partial charge in [-0.2, -0.15) is 0 Å². The van der Waals surface area contributed by atoms with E-state index in [4.69, 9.17) is 0 Å². The van der Waals surface area contributed by atoms with Gasteiger partial charge in [-0.05, 0) is 24.3 Å². The number of H-pyrrole nitrogens is 1. The molecule has 50 valence electrons. The fraction of sp³-hybridized carbons (Fsp3) is 0. The van der Waals surface area contributed by atoms with Crippen molar-refractivity contribution >= 4 is 12.0 Å². The van der Waals surface area contributed by atoms with E-state index in [1.54, 1.807) is 18.1 Å². The average Bonchev–Trinajstić information content (AvgIpc) is 2.41. The zero-order valence-electron chi connectivity index (χ0n) is 5.37. The normalized spacial score (nSPS) is 9.60. The summed E-state index contributed by atoms with van der Waals surface area (Å²) in [6, 6.07) is 3.81. The number of allylic oxidation sites excluding steroid dienone is 2. The third-order valence-corrected chi connectivity index (χ3v) is 1.06. The highest BCUT2D eigenvalue weighted by Crippen LogP contribution is 1.95. The molecule has 1 aromatic heterocycles. The Morgan fingerprint density at radius 3 is 3.10 bits per heavy atom. The van der Waals surface area contributed by atoms with E-state index in [9.17, 15) is 4.79 Å². The van der Waals surface area contributed by atoms with Crippen molar-refractivity contribution in [2.24, 2.45) is 0 Å². The van der Waals surface area contributed by atoms with Crippen molar-refractivity contribution in [3.63, 3.8) is 0 Å². The van der Waals surface area contributed by atoms with Gasteiger partial charge in [0.25, 0.3) is 0 Å². The Kier molecular flexibility index (Phi) is 2.30. The molecule has 0 saturated carbocycles. The lowest BCUT2D eigenvalue weighted by atomic mass is 10.4. The van der Waals surface area contributed by atoms with E-state index in [0.29, 0.717) is 0 Å². The molecule has 0 unspecified atom stereocenters. The monoisotopic (exact) mass is 133 g/mol. The predicted octanol–water partition coefficient (Wildman–Crippen LogP) is 1.42. The minimum atomic E-state index is 0.978. The van der Waals surface area contributed by atoms with Gasteiger partial charge in [0, 0.05) is 18.0 Å². The fourth-order valence-corrected chi connectivity index (χ4v) is 0.639. The lowest BCUT2D eigenvalue weighted by Crippen LogP contribution is -1.64. The van der Waals surface area contributed by atoms with E-state index in [-0.39, 0.29) is 0 Å². The third-order valence-electron chi connectivity index (χ3n) is 1.06. The molecule has 0 atom stereocenters. The number of aromatic nitrogens is 1. The molecule has 0 saturated heterocycles. The molecule has 0 radical (unpaired) electrons. The van der Waals surface area contributed by atoms with Crippen LogP contribution in [-0.4, -0.2) is 10.9 Å². The molecule has 0 aliphatic heterocycles. The van der Waals surface area contributed by atoms with Gasteiger partial charge in [0.05, 0.1) is 0 Å². The van der Waals surface area contributed by atoms with Crippen LogP contribution in [-0.2, 0) is 4.79 Å². The van der Waals surface area contributed by atoms with Crippen molar-refractivity contribution in [1.82, 2.24) is 4.98 Å². The molecule has 0 amide bonds. The predicted molar refractivity (Wildman–Crippen MR) is 40.1 cm³/mol. The minimum absolute atomic E-state index is 0.978. The summed E-state index contributed by atoms with van der Waals surface area (Å²) in [5.74, 6) is 1.65. The first-order valence-electron chi connectivity index (χ1n) is 2.94. The zero-order chi connectivity index (χ0) is 7.23. The smallest absolute Gasteiger partial charge is 0.124 e. The molecule has 0 aromatic carbocycles. The number of rotatable bonds is 2. The summed E-state index contributed by atoms with van der Waals surface area (Å²) in [7, 11) is 0. The van der Waals surface area contributed by atoms with Gasteiger partial charge in [0.1, 0.15) is 5.94 Å². The molecule has 0 spiro atoms. The highest BCUT2D eigenvalue weighted by molar-refractivity contribution is 5.55. The molecule has 0 aliphatic carbocycles. The minimum Gasteiger partial charge on any atom is -0.362 e. The van der Waals surface area contributed by atoms with Crippen molar-refractivity contribution < 1.29 is 4.79 Å². The van der Waals surface area contributed by atoms with E-state index in [2.05, 4.69) is 4.98 Å². The largest absolute Gasteiger partial charge is 0.362 e. The van der Waals surface area contributed by atoms with E-state index in [1.807, 2.05) is 18.3 Å². The van der Waals surface area contributed by atoms with E-state index in [0.717, 1.165) is 5.69 Å². The summed E-state index contributed by atoms with van der Waals surface area (Å²) in [4.78, 5) is 12.7. The SMILES string of the molecule is O=C=CC=Cc1ccc[nH]1. The molecule has 1 heterocycles. The molecule has 0 bridgehead atoms. The molecule has 2 nitrogen and oxygen atoms in total. The molecule has 1 N–H and O–H groups in total. The topological polar surface area (TPSA) is 32.9 Å². The van der Waals surface area contributed by atoms with E-state index < -0.39 is 0 Å². The lowest BCUT2D eigenvalue weighted by Gasteiger charge is -1.78. The quantitative estimate of drug-likeness (QED) is 0.480. The van der Waals surface area contributed by atoms with Crippen LogP contribution in [0.4, 0.5) is 0 Å². The van der Waals surface area contributed by atoms with Crippen LogP contribution in [0.3, 0.4) is 0 Å². The van der Waals surface area contributed by atoms with Crippen molar-refractivity contribution in [3.8, 4) is 0 Å². The van der Waals surface area contributed by atoms with Gasteiger partial charge in [0.2, 0.25) is 0 Å². The number of nitrogens with one attached hydrogen (secondary N) is 1. The summed E-state index contributed by atoms with van der Waals surface area (Å²) >= 11 is 0. The van der Waals surface area contributed by atoms with Gasteiger partial charge >= 0.3 is 0 Å². The van der Waals surface area contributed by atoms with Crippen molar-refractivity contribution in [1.29, 1.82) is 0 Å². The van der Waals surface area contributed by atoms with Crippen LogP contribution in [0.2, 0.25) is 0 Å². The summed E-state index contributed by atoms with van der Waals surface area (Å²) < 4.78 is 0. The van der Waals surface area contributed by atoms with Gasteiger partial charge in [-0.3, -0.25) is 0 Å². The maximum absolute atomic E-state index is 9.69. The van der Waals surface area contributed by atoms with Gasteiger partial charge in [-0.1, -0.05) is 0 Å². The summed E-state index contributed by atoms with van der Waals surface area (Å²) in [5, 5.41) is 0. The maximum Gasteiger partial charge on any atom is 0.124 e. The standard InChI is InChI=1S/C8H7NO/c10-7-2-1-4-8-5-3-6-9-8/h1-6,9H. The second-order valence-electron chi connectivity index (χ2n) is 1.77. The Morgan fingerprint density at radius 2 is 2.50 bits per heavy atom. The van der Waals surface area contributed by atoms with Crippen molar-refractivity contribution in [3.05, 3.63) is 36.2 Å². The van der Waals surface area contributed by atoms with Crippen LogP contribution < -0.4 is 0 Å². The van der Waals surface area contributed by atoms with Crippen LogP contribution in [0.15, 0.2) is 30.5 Å². The van der Waals surface area contributed by atoms with E-state index >= 15 is 0 Å². The Labute approximate surface area is 58.9 Å². The second-order valence-corrected chi connectivity index (χ2v) is 1.77. The lowest BCUT2D eigenvalue weighted by molar-refractivity contribution is 0.569. The van der Waals surface area contributed by atoms with Crippen molar-refractivity contribution in [2.45, 2.75) is 0 Å². The van der Waals surface area contributed by atoms with Crippen LogP contribution in [0.1, 0.15) is 5.69 Å². The average molecular weight is 133 g/mol. The number of aromatic amines is 1. The number of hydrogen-bond donors (Lipinski definition) is 1. The number of hydrogen-bond acceptors (Lipinski definition) is 1. The Balaban J connectivity index is 2.63. The first-order chi connectivity index (χ1) is 4.93. The zero-order valence-corrected chi connectivity index (χ0v) is 5.37. The van der Waals surface area contributed by atoms with Crippen molar-refractivity contribution in [2.75, 3.05) is 0 Å². The molecule has 1 aromatic rings. The molecular formula is C8H7NO. The van der Waals surface area contributed by atoms with Gasteiger partial charge in [-0.25, -0.2) is 4.79 Å². The maximum atomic E-state index is 9.69. The Bertz CT molecular complexity index is 253. The molecule has 10 heavy (non-hydrogen) atoms. The highest BCUT2D eigenvalue weighted by atomic mass is 16.1. The Hall–Kier alpha value is -1.53. The Morgan fingerprint density at radius 1 is 1.60 bits per heavy atom. The fourth-order valence-electron chi connectivity index (χ4n) is 0.639. The summed E-state index contributed by atoms with van der Waals surface area (Å²) in [5.41, 5.74) is 0.978. The third kappa shape index (κ3) is 1.77.